The van der Waals surface area contributed by atoms with Crippen LogP contribution in [0.25, 0.3) is 0 Å². The Hall–Kier alpha value is -1.14. The monoisotopic (exact) mass is 357 g/mol. The highest BCUT2D eigenvalue weighted by molar-refractivity contribution is 6.07. The number of rotatable bonds is 3. The fraction of sp³-hybridized carbons (Fsp3) is 0.824. The Bertz CT molecular complexity index is 479. The first-order valence-electron chi connectivity index (χ1n) is 8.87. The van der Waals surface area contributed by atoms with E-state index in [4.69, 9.17) is 5.73 Å². The van der Waals surface area contributed by atoms with E-state index < -0.39 is 0 Å². The minimum Gasteiger partial charge on any atom is -0.341 e. The Labute approximate surface area is 149 Å². The van der Waals surface area contributed by atoms with Gasteiger partial charge in [0.25, 0.3) is 0 Å². The summed E-state index contributed by atoms with van der Waals surface area (Å²) in [5, 5.41) is 0. The molecule has 2 N–H and O–H groups in total. The van der Waals surface area contributed by atoms with E-state index in [2.05, 4.69) is 0 Å². The molecule has 1 saturated carbocycles. The first-order chi connectivity index (χ1) is 11.0. The maximum Gasteiger partial charge on any atom is 0.242 e. The third-order valence-electron chi connectivity index (χ3n) is 5.86. The standard InChI is InChI=1S/C17H27N3O3.ClH/c1-11(18)12-6-8-19(9-7-12)15(21)10-20-16(22)13-4-2-3-5-14(13)17(20)23;/h11-14H,2-10,18H2,1H3;1H. The number of nitrogens with two attached hydrogens (primary N) is 1. The van der Waals surface area contributed by atoms with Gasteiger partial charge in [0.15, 0.2) is 0 Å². The summed E-state index contributed by atoms with van der Waals surface area (Å²) in [6, 6.07) is 0.150. The molecule has 0 aromatic rings. The second kappa shape index (κ2) is 7.83. The minimum atomic E-state index is -0.173. The van der Waals surface area contributed by atoms with Crippen molar-refractivity contribution < 1.29 is 14.4 Å². The van der Waals surface area contributed by atoms with Crippen LogP contribution < -0.4 is 5.73 Å². The molecule has 136 valence electrons. The van der Waals surface area contributed by atoms with E-state index in [1.54, 1.807) is 4.90 Å². The SMILES string of the molecule is CC(N)C1CCN(C(=O)CN2C(=O)C3CCCCC3C2=O)CC1.Cl. The topological polar surface area (TPSA) is 83.7 Å². The summed E-state index contributed by atoms with van der Waals surface area (Å²) < 4.78 is 0. The van der Waals surface area contributed by atoms with E-state index in [9.17, 15) is 14.4 Å². The van der Waals surface area contributed by atoms with E-state index in [1.165, 1.54) is 4.90 Å². The fourth-order valence-electron chi connectivity index (χ4n) is 4.30. The molecule has 0 spiro atoms. The highest BCUT2D eigenvalue weighted by Gasteiger charge is 2.48. The molecule has 0 bridgehead atoms. The maximum atomic E-state index is 12.5. The van der Waals surface area contributed by atoms with Gasteiger partial charge in [0.05, 0.1) is 11.8 Å². The molecule has 6 nitrogen and oxygen atoms in total. The van der Waals surface area contributed by atoms with Crippen LogP contribution in [-0.4, -0.2) is 53.2 Å². The molecule has 3 amide bonds. The molecule has 3 unspecified atom stereocenters. The van der Waals surface area contributed by atoms with Crippen molar-refractivity contribution >= 4 is 30.1 Å². The number of nitrogens with zero attached hydrogens (tertiary/aromatic N) is 2. The second-order valence-electron chi connectivity index (χ2n) is 7.34. The van der Waals surface area contributed by atoms with Crippen LogP contribution in [0.2, 0.25) is 0 Å². The lowest BCUT2D eigenvalue weighted by Gasteiger charge is -2.34. The van der Waals surface area contributed by atoms with E-state index in [0.717, 1.165) is 38.5 Å². The molecule has 0 radical (unpaired) electrons. The first-order valence-corrected chi connectivity index (χ1v) is 8.87. The summed E-state index contributed by atoms with van der Waals surface area (Å²) in [4.78, 5) is 40.3. The lowest BCUT2D eigenvalue weighted by atomic mass is 9.81. The molecular formula is C17H28ClN3O3. The van der Waals surface area contributed by atoms with Crippen LogP contribution in [0.4, 0.5) is 0 Å². The van der Waals surface area contributed by atoms with Crippen molar-refractivity contribution in [3.05, 3.63) is 0 Å². The van der Waals surface area contributed by atoms with Gasteiger partial charge < -0.3 is 10.6 Å². The van der Waals surface area contributed by atoms with Gasteiger partial charge in [0, 0.05) is 19.1 Å². The van der Waals surface area contributed by atoms with Crippen LogP contribution in [0, 0.1) is 17.8 Å². The first kappa shape index (κ1) is 19.2. The smallest absolute Gasteiger partial charge is 0.242 e. The largest absolute Gasteiger partial charge is 0.341 e. The number of halogens is 1. The number of hydrogen-bond acceptors (Lipinski definition) is 4. The highest BCUT2D eigenvalue weighted by atomic mass is 35.5. The molecule has 24 heavy (non-hydrogen) atoms. The molecular weight excluding hydrogens is 330 g/mol. The van der Waals surface area contributed by atoms with Crippen molar-refractivity contribution in [2.24, 2.45) is 23.5 Å². The Morgan fingerprint density at radius 1 is 1.08 bits per heavy atom. The van der Waals surface area contributed by atoms with E-state index in [0.29, 0.717) is 19.0 Å². The normalized spacial score (nSPS) is 29.2. The van der Waals surface area contributed by atoms with Crippen molar-refractivity contribution in [2.75, 3.05) is 19.6 Å². The summed E-state index contributed by atoms with van der Waals surface area (Å²) in [5.74, 6) is -0.247. The van der Waals surface area contributed by atoms with Crippen molar-refractivity contribution in [2.45, 2.75) is 51.5 Å². The molecule has 7 heteroatoms. The lowest BCUT2D eigenvalue weighted by Crippen LogP contribution is -2.47. The van der Waals surface area contributed by atoms with Gasteiger partial charge in [0.1, 0.15) is 6.54 Å². The summed E-state index contributed by atoms with van der Waals surface area (Å²) in [7, 11) is 0. The van der Waals surface area contributed by atoms with Gasteiger partial charge in [-0.15, -0.1) is 12.4 Å². The molecule has 2 saturated heterocycles. The van der Waals surface area contributed by atoms with Gasteiger partial charge in [-0.25, -0.2) is 0 Å². The van der Waals surface area contributed by atoms with Gasteiger partial charge in [0.2, 0.25) is 17.7 Å². The maximum absolute atomic E-state index is 12.5. The zero-order chi connectivity index (χ0) is 16.6. The van der Waals surface area contributed by atoms with Gasteiger partial charge in [-0.05, 0) is 38.5 Å². The van der Waals surface area contributed by atoms with Crippen LogP contribution >= 0.6 is 12.4 Å². The average molecular weight is 358 g/mol. The third-order valence-corrected chi connectivity index (χ3v) is 5.86. The van der Waals surface area contributed by atoms with Crippen LogP contribution in [0.5, 0.6) is 0 Å². The van der Waals surface area contributed by atoms with Crippen molar-refractivity contribution in [1.29, 1.82) is 0 Å². The predicted octanol–water partition coefficient (Wildman–Crippen LogP) is 1.17. The predicted molar refractivity (Wildman–Crippen MR) is 92.4 cm³/mol. The Balaban J connectivity index is 0.00000208. The average Bonchev–Trinajstić information content (AvgIpc) is 2.80. The molecule has 3 atom stereocenters. The molecule has 0 aromatic carbocycles. The lowest BCUT2D eigenvalue weighted by molar-refractivity contribution is -0.147. The van der Waals surface area contributed by atoms with Gasteiger partial charge in [-0.3, -0.25) is 19.3 Å². The fourth-order valence-corrected chi connectivity index (χ4v) is 4.30. The quantitative estimate of drug-likeness (QED) is 0.768. The van der Waals surface area contributed by atoms with E-state index >= 15 is 0 Å². The van der Waals surface area contributed by atoms with Crippen molar-refractivity contribution in [1.82, 2.24) is 9.80 Å². The van der Waals surface area contributed by atoms with Crippen molar-refractivity contribution in [3.63, 3.8) is 0 Å². The molecule has 3 aliphatic rings. The van der Waals surface area contributed by atoms with E-state index in [-0.39, 0.29) is 54.6 Å². The van der Waals surface area contributed by atoms with E-state index in [1.807, 2.05) is 6.92 Å². The number of piperidine rings is 1. The highest BCUT2D eigenvalue weighted by Crippen LogP contribution is 2.38. The number of amides is 3. The number of carbonyl (C=O) groups excluding carboxylic acids is 3. The van der Waals surface area contributed by atoms with Crippen LogP contribution in [-0.2, 0) is 14.4 Å². The number of imide groups is 1. The molecule has 2 aliphatic heterocycles. The summed E-state index contributed by atoms with van der Waals surface area (Å²) >= 11 is 0. The minimum absolute atomic E-state index is 0. The number of hydrogen-bond donors (Lipinski definition) is 1. The number of fused-ring (bicyclic) bond motifs is 1. The molecule has 3 fully saturated rings. The second-order valence-corrected chi connectivity index (χ2v) is 7.34. The number of likely N-dealkylation sites (tertiary alicyclic amines) is 2. The van der Waals surface area contributed by atoms with Crippen molar-refractivity contribution in [3.8, 4) is 0 Å². The molecule has 1 aliphatic carbocycles. The Morgan fingerprint density at radius 3 is 2.04 bits per heavy atom. The van der Waals surface area contributed by atoms with Crippen LogP contribution in [0.3, 0.4) is 0 Å². The van der Waals surface area contributed by atoms with Gasteiger partial charge in [-0.2, -0.15) is 0 Å². The summed E-state index contributed by atoms with van der Waals surface area (Å²) in [5.41, 5.74) is 5.92. The Morgan fingerprint density at radius 2 is 1.58 bits per heavy atom. The van der Waals surface area contributed by atoms with Gasteiger partial charge in [-0.1, -0.05) is 12.8 Å². The zero-order valence-electron chi connectivity index (χ0n) is 14.3. The summed E-state index contributed by atoms with van der Waals surface area (Å²) in [6.45, 7) is 3.28. The molecule has 2 heterocycles. The molecule has 0 aromatic heterocycles. The van der Waals surface area contributed by atoms with Crippen LogP contribution in [0.15, 0.2) is 0 Å². The third kappa shape index (κ3) is 3.59. The molecule has 3 rings (SSSR count). The summed E-state index contributed by atoms with van der Waals surface area (Å²) in [6.07, 6.45) is 5.39. The number of carbonyl (C=O) groups is 3. The zero-order valence-corrected chi connectivity index (χ0v) is 15.1. The van der Waals surface area contributed by atoms with Gasteiger partial charge >= 0.3 is 0 Å². The Kier molecular flexibility index (Phi) is 6.26. The van der Waals surface area contributed by atoms with Crippen LogP contribution in [0.1, 0.15) is 45.4 Å².